The molecule has 31 heavy (non-hydrogen) atoms. The van der Waals surface area contributed by atoms with Crippen molar-refractivity contribution in [2.45, 2.75) is 24.7 Å². The Bertz CT molecular complexity index is 1160. The van der Waals surface area contributed by atoms with Crippen LogP contribution in [-0.2, 0) is 26.0 Å². The number of ether oxygens (including phenoxy) is 1. The number of carbonyl (C=O) groups excluding carboxylic acids is 2. The molecule has 0 aliphatic heterocycles. The number of H-pyrrole nitrogens is 1. The zero-order chi connectivity index (χ0) is 22.3. The standard InChI is InChI=1S/C21H24N4O5S/c1-2-30-16-7-9-17(10-8-16)31(28,29)23-12-11-20(26)24-25-21(27)13-15-14-22-19-6-4-3-5-18(15)19/h3-10,14,22-23H,2,11-13H2,1H3,(H,24,26)(H,25,27). The molecule has 0 atom stereocenters. The van der Waals surface area contributed by atoms with E-state index in [1.165, 1.54) is 12.1 Å². The monoisotopic (exact) mass is 444 g/mol. The molecule has 3 rings (SSSR count). The Morgan fingerprint density at radius 2 is 1.71 bits per heavy atom. The summed E-state index contributed by atoms with van der Waals surface area (Å²) < 4.78 is 32.2. The van der Waals surface area contributed by atoms with Crippen LogP contribution in [0.5, 0.6) is 5.75 Å². The van der Waals surface area contributed by atoms with Crippen molar-refractivity contribution in [3.8, 4) is 5.75 Å². The first-order valence-corrected chi connectivity index (χ1v) is 11.2. The Hall–Kier alpha value is -3.37. The Morgan fingerprint density at radius 3 is 2.45 bits per heavy atom. The van der Waals surface area contributed by atoms with Crippen LogP contribution in [0.4, 0.5) is 0 Å². The van der Waals surface area contributed by atoms with E-state index in [-0.39, 0.29) is 30.2 Å². The third-order valence-corrected chi connectivity index (χ3v) is 5.93. The van der Waals surface area contributed by atoms with Crippen molar-refractivity contribution in [1.29, 1.82) is 0 Å². The van der Waals surface area contributed by atoms with E-state index in [1.54, 1.807) is 18.3 Å². The molecular formula is C21H24N4O5S. The Balaban J connectivity index is 1.42. The maximum atomic E-state index is 12.3. The average Bonchev–Trinajstić information content (AvgIpc) is 3.16. The summed E-state index contributed by atoms with van der Waals surface area (Å²) in [6, 6.07) is 13.6. The third kappa shape index (κ3) is 6.06. The minimum atomic E-state index is -3.75. The number of hydrogen-bond acceptors (Lipinski definition) is 5. The lowest BCUT2D eigenvalue weighted by Crippen LogP contribution is -2.43. The molecule has 0 spiro atoms. The number of aromatic nitrogens is 1. The maximum Gasteiger partial charge on any atom is 0.242 e. The largest absolute Gasteiger partial charge is 0.494 e. The molecule has 3 aromatic rings. The van der Waals surface area contributed by atoms with Crippen molar-refractivity contribution in [3.63, 3.8) is 0 Å². The van der Waals surface area contributed by atoms with Crippen molar-refractivity contribution in [2.75, 3.05) is 13.2 Å². The molecular weight excluding hydrogens is 420 g/mol. The first-order chi connectivity index (χ1) is 14.9. The van der Waals surface area contributed by atoms with Gasteiger partial charge in [0.25, 0.3) is 0 Å². The highest BCUT2D eigenvalue weighted by Gasteiger charge is 2.15. The van der Waals surface area contributed by atoms with Crippen molar-refractivity contribution in [3.05, 3.63) is 60.3 Å². The van der Waals surface area contributed by atoms with E-state index < -0.39 is 15.9 Å². The molecule has 0 fully saturated rings. The molecule has 0 aliphatic rings. The van der Waals surface area contributed by atoms with Gasteiger partial charge in [0.05, 0.1) is 17.9 Å². The molecule has 10 heteroatoms. The Labute approximate surface area is 180 Å². The fourth-order valence-electron chi connectivity index (χ4n) is 2.96. The number of carbonyl (C=O) groups is 2. The second-order valence-electron chi connectivity index (χ2n) is 6.68. The summed E-state index contributed by atoms with van der Waals surface area (Å²) in [7, 11) is -3.75. The number of aromatic amines is 1. The molecule has 0 bridgehead atoms. The molecule has 1 heterocycles. The predicted molar refractivity (Wildman–Crippen MR) is 116 cm³/mol. The molecule has 9 nitrogen and oxygen atoms in total. The molecule has 0 aliphatic carbocycles. The summed E-state index contributed by atoms with van der Waals surface area (Å²) in [6.45, 7) is 2.21. The second-order valence-corrected chi connectivity index (χ2v) is 8.45. The quantitative estimate of drug-likeness (QED) is 0.373. The van der Waals surface area contributed by atoms with E-state index in [2.05, 4.69) is 20.6 Å². The van der Waals surface area contributed by atoms with Crippen molar-refractivity contribution in [1.82, 2.24) is 20.6 Å². The number of sulfonamides is 1. The van der Waals surface area contributed by atoms with Gasteiger partial charge < -0.3 is 9.72 Å². The van der Waals surface area contributed by atoms with Gasteiger partial charge in [-0.25, -0.2) is 13.1 Å². The van der Waals surface area contributed by atoms with Gasteiger partial charge in [-0.1, -0.05) is 18.2 Å². The SMILES string of the molecule is CCOc1ccc(S(=O)(=O)NCCC(=O)NNC(=O)Cc2c[nH]c3ccccc23)cc1. The zero-order valence-electron chi connectivity index (χ0n) is 17.0. The maximum absolute atomic E-state index is 12.3. The van der Waals surface area contributed by atoms with Crippen LogP contribution in [0.2, 0.25) is 0 Å². The molecule has 164 valence electrons. The third-order valence-electron chi connectivity index (χ3n) is 4.46. The number of hydrazine groups is 1. The fourth-order valence-corrected chi connectivity index (χ4v) is 3.99. The number of rotatable bonds is 9. The number of benzene rings is 2. The first-order valence-electron chi connectivity index (χ1n) is 9.74. The highest BCUT2D eigenvalue weighted by atomic mass is 32.2. The minimum absolute atomic E-state index is 0.0726. The van der Waals surface area contributed by atoms with Gasteiger partial charge in [0.15, 0.2) is 0 Å². The summed E-state index contributed by atoms with van der Waals surface area (Å²) in [5.74, 6) is -0.320. The number of para-hydroxylation sites is 1. The first kappa shape index (κ1) is 22.3. The summed E-state index contributed by atoms with van der Waals surface area (Å²) in [5.41, 5.74) is 6.37. The second kappa shape index (κ2) is 10.1. The Morgan fingerprint density at radius 1 is 1.00 bits per heavy atom. The summed E-state index contributed by atoms with van der Waals surface area (Å²) in [6.07, 6.45) is 1.71. The van der Waals surface area contributed by atoms with Crippen LogP contribution in [0.1, 0.15) is 18.9 Å². The van der Waals surface area contributed by atoms with Crippen LogP contribution in [0, 0.1) is 0 Å². The number of hydrogen-bond donors (Lipinski definition) is 4. The highest BCUT2D eigenvalue weighted by Crippen LogP contribution is 2.18. The van der Waals surface area contributed by atoms with Crippen LogP contribution in [0.3, 0.4) is 0 Å². The molecule has 4 N–H and O–H groups in total. The van der Waals surface area contributed by atoms with Gasteiger partial charge in [0.2, 0.25) is 21.8 Å². The van der Waals surface area contributed by atoms with Crippen molar-refractivity contribution in [2.24, 2.45) is 0 Å². The van der Waals surface area contributed by atoms with E-state index in [9.17, 15) is 18.0 Å². The highest BCUT2D eigenvalue weighted by molar-refractivity contribution is 7.89. The minimum Gasteiger partial charge on any atom is -0.494 e. The predicted octanol–water partition coefficient (Wildman–Crippen LogP) is 1.63. The summed E-state index contributed by atoms with van der Waals surface area (Å²) in [4.78, 5) is 27.2. The van der Waals surface area contributed by atoms with E-state index in [0.29, 0.717) is 12.4 Å². The van der Waals surface area contributed by atoms with E-state index in [0.717, 1.165) is 16.5 Å². The van der Waals surface area contributed by atoms with Gasteiger partial charge in [-0.3, -0.25) is 20.4 Å². The van der Waals surface area contributed by atoms with E-state index >= 15 is 0 Å². The number of amides is 2. The Kier molecular flexibility index (Phi) is 7.27. The van der Waals surface area contributed by atoms with Crippen LogP contribution >= 0.6 is 0 Å². The van der Waals surface area contributed by atoms with Crippen LogP contribution < -0.4 is 20.3 Å². The van der Waals surface area contributed by atoms with Gasteiger partial charge in [-0.05, 0) is 42.8 Å². The van der Waals surface area contributed by atoms with Crippen molar-refractivity contribution < 1.29 is 22.7 Å². The van der Waals surface area contributed by atoms with Gasteiger partial charge in [0, 0.05) is 30.1 Å². The van der Waals surface area contributed by atoms with Gasteiger partial charge in [-0.2, -0.15) is 0 Å². The average molecular weight is 445 g/mol. The normalized spacial score (nSPS) is 11.3. The van der Waals surface area contributed by atoms with Crippen molar-refractivity contribution >= 4 is 32.7 Å². The summed E-state index contributed by atoms with van der Waals surface area (Å²) in [5, 5.41) is 0.938. The van der Waals surface area contributed by atoms with Gasteiger partial charge in [-0.15, -0.1) is 0 Å². The summed E-state index contributed by atoms with van der Waals surface area (Å²) >= 11 is 0. The lowest BCUT2D eigenvalue weighted by Gasteiger charge is -2.09. The number of nitrogens with one attached hydrogen (secondary N) is 4. The molecule has 0 saturated heterocycles. The fraction of sp³-hybridized carbons (Fsp3) is 0.238. The topological polar surface area (TPSA) is 129 Å². The smallest absolute Gasteiger partial charge is 0.242 e. The van der Waals surface area contributed by atoms with Gasteiger partial charge in [0.1, 0.15) is 5.75 Å². The molecule has 2 amide bonds. The van der Waals surface area contributed by atoms with Gasteiger partial charge >= 0.3 is 0 Å². The van der Waals surface area contributed by atoms with E-state index in [1.807, 2.05) is 31.2 Å². The zero-order valence-corrected chi connectivity index (χ0v) is 17.8. The lowest BCUT2D eigenvalue weighted by atomic mass is 10.1. The van der Waals surface area contributed by atoms with Crippen LogP contribution in [0.15, 0.2) is 59.6 Å². The molecule has 2 aromatic carbocycles. The number of fused-ring (bicyclic) bond motifs is 1. The molecule has 0 radical (unpaired) electrons. The lowest BCUT2D eigenvalue weighted by molar-refractivity contribution is -0.128. The van der Waals surface area contributed by atoms with Crippen LogP contribution in [-0.4, -0.2) is 38.4 Å². The van der Waals surface area contributed by atoms with E-state index in [4.69, 9.17) is 4.74 Å². The molecule has 0 unspecified atom stereocenters. The van der Waals surface area contributed by atoms with Crippen LogP contribution in [0.25, 0.3) is 10.9 Å². The molecule has 1 aromatic heterocycles. The molecule has 0 saturated carbocycles.